The molecule has 2 atom stereocenters. The fraction of sp³-hybridized carbons (Fsp3) is 0.533. The van der Waals surface area contributed by atoms with Gasteiger partial charge in [-0.2, -0.15) is 0 Å². The molecule has 7 heteroatoms. The van der Waals surface area contributed by atoms with Crippen molar-refractivity contribution in [2.24, 2.45) is 5.41 Å². The summed E-state index contributed by atoms with van der Waals surface area (Å²) in [5.41, 5.74) is -0.903. The highest BCUT2D eigenvalue weighted by molar-refractivity contribution is 5.95. The molecule has 2 N–H and O–H groups in total. The summed E-state index contributed by atoms with van der Waals surface area (Å²) in [6, 6.07) is 3.50. The molecule has 22 heavy (non-hydrogen) atoms. The molecule has 0 unspecified atom stereocenters. The standard InChI is InChI=1S/C15H20N2O5/c1-14(2)12(8-15(14,3)22-4)16-13(19)9-5-6-11(18)10(7-9)17(20)21/h5-7,12,18H,8H2,1-4H3,(H,16,19)/t12-,15+/m1/s1. The Morgan fingerprint density at radius 2 is 2.09 bits per heavy atom. The van der Waals surface area contributed by atoms with Crippen LogP contribution >= 0.6 is 0 Å². The fourth-order valence-electron chi connectivity index (χ4n) is 2.78. The summed E-state index contributed by atoms with van der Waals surface area (Å²) in [5.74, 6) is -0.864. The van der Waals surface area contributed by atoms with E-state index in [0.717, 1.165) is 12.1 Å². The lowest BCUT2D eigenvalue weighted by molar-refractivity contribution is -0.385. The SMILES string of the molecule is CO[C@@]1(C)C[C@@H](NC(=O)c2ccc(O)c([N+](=O)[O-])c2)C1(C)C. The minimum atomic E-state index is -0.721. The van der Waals surface area contributed by atoms with E-state index in [0.29, 0.717) is 6.42 Å². The minimum absolute atomic E-state index is 0.0854. The summed E-state index contributed by atoms with van der Waals surface area (Å²) >= 11 is 0. The summed E-state index contributed by atoms with van der Waals surface area (Å²) in [7, 11) is 1.64. The molecule has 0 heterocycles. The number of benzene rings is 1. The van der Waals surface area contributed by atoms with E-state index in [1.54, 1.807) is 7.11 Å². The van der Waals surface area contributed by atoms with E-state index < -0.39 is 22.3 Å². The molecule has 1 aromatic rings. The van der Waals surface area contributed by atoms with Crippen molar-refractivity contribution >= 4 is 11.6 Å². The van der Waals surface area contributed by atoms with Gasteiger partial charge >= 0.3 is 5.69 Å². The van der Waals surface area contributed by atoms with Gasteiger partial charge in [0.15, 0.2) is 5.75 Å². The largest absolute Gasteiger partial charge is 0.502 e. The van der Waals surface area contributed by atoms with Crippen molar-refractivity contribution in [1.29, 1.82) is 0 Å². The van der Waals surface area contributed by atoms with Gasteiger partial charge in [-0.05, 0) is 25.5 Å². The van der Waals surface area contributed by atoms with Gasteiger partial charge in [0.2, 0.25) is 0 Å². The second kappa shape index (κ2) is 5.24. The number of nitrogens with one attached hydrogen (secondary N) is 1. The predicted octanol–water partition coefficient (Wildman–Crippen LogP) is 2.23. The lowest BCUT2D eigenvalue weighted by atomic mass is 9.56. The number of hydrogen-bond acceptors (Lipinski definition) is 5. The summed E-state index contributed by atoms with van der Waals surface area (Å²) in [4.78, 5) is 22.4. The van der Waals surface area contributed by atoms with E-state index in [1.165, 1.54) is 6.07 Å². The molecule has 1 fully saturated rings. The number of nitro benzene ring substituents is 1. The third-order valence-electron chi connectivity index (χ3n) is 5.02. The molecule has 0 saturated heterocycles. The molecular formula is C15H20N2O5. The van der Waals surface area contributed by atoms with Gasteiger partial charge < -0.3 is 15.2 Å². The molecule has 0 bridgehead atoms. The molecule has 1 aromatic carbocycles. The maximum atomic E-state index is 12.3. The first-order valence-corrected chi connectivity index (χ1v) is 6.96. The summed E-state index contributed by atoms with van der Waals surface area (Å²) in [5, 5.41) is 23.1. The number of amides is 1. The molecule has 2 rings (SSSR count). The molecule has 0 radical (unpaired) electrons. The zero-order chi connectivity index (χ0) is 16.7. The Morgan fingerprint density at radius 1 is 1.45 bits per heavy atom. The molecule has 0 aliphatic heterocycles. The maximum absolute atomic E-state index is 12.3. The first-order chi connectivity index (χ1) is 10.1. The highest BCUT2D eigenvalue weighted by Gasteiger charge is 2.58. The van der Waals surface area contributed by atoms with Crippen LogP contribution in [0.3, 0.4) is 0 Å². The van der Waals surface area contributed by atoms with Crippen LogP contribution in [0.5, 0.6) is 5.75 Å². The van der Waals surface area contributed by atoms with Crippen LogP contribution in [0.4, 0.5) is 5.69 Å². The average molecular weight is 308 g/mol. The maximum Gasteiger partial charge on any atom is 0.311 e. The number of rotatable bonds is 4. The number of aromatic hydroxyl groups is 1. The number of phenols is 1. The van der Waals surface area contributed by atoms with E-state index in [1.807, 2.05) is 20.8 Å². The van der Waals surface area contributed by atoms with Crippen molar-refractivity contribution in [3.63, 3.8) is 0 Å². The van der Waals surface area contributed by atoms with Gasteiger partial charge in [0.05, 0.1) is 10.5 Å². The first kappa shape index (κ1) is 16.2. The summed E-state index contributed by atoms with van der Waals surface area (Å²) in [6.07, 6.45) is 0.669. The second-order valence-electron chi connectivity index (χ2n) is 6.35. The molecule has 1 aliphatic carbocycles. The molecular weight excluding hydrogens is 288 g/mol. The third kappa shape index (κ3) is 2.41. The number of nitrogens with zero attached hydrogens (tertiary/aromatic N) is 1. The lowest BCUT2D eigenvalue weighted by Crippen LogP contribution is -2.68. The Bertz CT molecular complexity index is 628. The Balaban J connectivity index is 2.15. The van der Waals surface area contributed by atoms with Gasteiger partial charge in [-0.3, -0.25) is 14.9 Å². The Hall–Kier alpha value is -2.15. The van der Waals surface area contributed by atoms with Crippen LogP contribution in [0.15, 0.2) is 18.2 Å². The quantitative estimate of drug-likeness (QED) is 0.656. The summed E-state index contributed by atoms with van der Waals surface area (Å²) < 4.78 is 5.50. The van der Waals surface area contributed by atoms with Crippen molar-refractivity contribution in [3.05, 3.63) is 33.9 Å². The third-order valence-corrected chi connectivity index (χ3v) is 5.02. The van der Waals surface area contributed by atoms with Crippen LogP contribution in [0, 0.1) is 15.5 Å². The molecule has 120 valence electrons. The highest BCUT2D eigenvalue weighted by Crippen LogP contribution is 2.51. The number of nitro groups is 1. The first-order valence-electron chi connectivity index (χ1n) is 6.96. The molecule has 0 spiro atoms. The molecule has 1 amide bonds. The van der Waals surface area contributed by atoms with Gasteiger partial charge in [-0.1, -0.05) is 13.8 Å². The number of carbonyl (C=O) groups excluding carboxylic acids is 1. The zero-order valence-electron chi connectivity index (χ0n) is 13.0. The van der Waals surface area contributed by atoms with Crippen LogP contribution < -0.4 is 5.32 Å². The van der Waals surface area contributed by atoms with Crippen LogP contribution in [-0.4, -0.2) is 34.7 Å². The Morgan fingerprint density at radius 3 is 2.59 bits per heavy atom. The highest BCUT2D eigenvalue weighted by atomic mass is 16.6. The van der Waals surface area contributed by atoms with Crippen molar-refractivity contribution in [3.8, 4) is 5.75 Å². The monoisotopic (exact) mass is 308 g/mol. The van der Waals surface area contributed by atoms with Gasteiger partial charge in [0.1, 0.15) is 0 Å². The number of methoxy groups -OCH3 is 1. The second-order valence-corrected chi connectivity index (χ2v) is 6.35. The van der Waals surface area contributed by atoms with E-state index in [9.17, 15) is 20.0 Å². The van der Waals surface area contributed by atoms with Crippen molar-refractivity contribution < 1.29 is 19.6 Å². The van der Waals surface area contributed by atoms with Gasteiger partial charge in [0.25, 0.3) is 5.91 Å². The van der Waals surface area contributed by atoms with Crippen LogP contribution in [-0.2, 0) is 4.74 Å². The molecule has 1 aliphatic rings. The van der Waals surface area contributed by atoms with Crippen LogP contribution in [0.1, 0.15) is 37.6 Å². The average Bonchev–Trinajstić information content (AvgIpc) is 2.46. The van der Waals surface area contributed by atoms with Gasteiger partial charge in [0, 0.05) is 30.2 Å². The Kier molecular flexibility index (Phi) is 3.87. The Labute approximate surface area is 128 Å². The minimum Gasteiger partial charge on any atom is -0.502 e. The topological polar surface area (TPSA) is 102 Å². The molecule has 1 saturated carbocycles. The van der Waals surface area contributed by atoms with Crippen LogP contribution in [0.25, 0.3) is 0 Å². The molecule has 7 nitrogen and oxygen atoms in total. The fourth-order valence-corrected chi connectivity index (χ4v) is 2.78. The normalized spacial score (nSPS) is 26.1. The lowest BCUT2D eigenvalue weighted by Gasteiger charge is -2.59. The van der Waals surface area contributed by atoms with E-state index in [4.69, 9.17) is 4.74 Å². The van der Waals surface area contributed by atoms with Gasteiger partial charge in [-0.25, -0.2) is 0 Å². The van der Waals surface area contributed by atoms with Crippen molar-refractivity contribution in [2.75, 3.05) is 7.11 Å². The van der Waals surface area contributed by atoms with Crippen molar-refractivity contribution in [2.45, 2.75) is 38.8 Å². The van der Waals surface area contributed by atoms with Gasteiger partial charge in [-0.15, -0.1) is 0 Å². The van der Waals surface area contributed by atoms with E-state index >= 15 is 0 Å². The summed E-state index contributed by atoms with van der Waals surface area (Å²) in [6.45, 7) is 6.00. The number of ether oxygens (including phenoxy) is 1. The van der Waals surface area contributed by atoms with E-state index in [-0.39, 0.29) is 22.6 Å². The number of phenolic OH excluding ortho intramolecular Hbond substituents is 1. The van der Waals surface area contributed by atoms with Crippen LogP contribution in [0.2, 0.25) is 0 Å². The smallest absolute Gasteiger partial charge is 0.311 e. The van der Waals surface area contributed by atoms with E-state index in [2.05, 4.69) is 5.32 Å². The predicted molar refractivity (Wildman–Crippen MR) is 79.8 cm³/mol. The number of carbonyl (C=O) groups is 1. The number of hydrogen-bond donors (Lipinski definition) is 2. The molecule has 0 aromatic heterocycles. The zero-order valence-corrected chi connectivity index (χ0v) is 13.0. The van der Waals surface area contributed by atoms with Crippen molar-refractivity contribution in [1.82, 2.24) is 5.32 Å².